The van der Waals surface area contributed by atoms with Crippen LogP contribution in [0.5, 0.6) is 0 Å². The molecule has 0 aliphatic carbocycles. The quantitative estimate of drug-likeness (QED) is 0.758. The summed E-state index contributed by atoms with van der Waals surface area (Å²) in [7, 11) is 0. The van der Waals surface area contributed by atoms with Crippen LogP contribution in [0.25, 0.3) is 0 Å². The molecule has 1 rings (SSSR count). The number of aliphatic hydroxyl groups is 1. The lowest BCUT2D eigenvalue weighted by Crippen LogP contribution is -2.51. The van der Waals surface area contributed by atoms with E-state index >= 15 is 0 Å². The van der Waals surface area contributed by atoms with E-state index < -0.39 is 0 Å². The molecule has 1 heterocycles. The van der Waals surface area contributed by atoms with Crippen LogP contribution in [0.15, 0.2) is 0 Å². The number of hydrogen-bond acceptors (Lipinski definition) is 3. The van der Waals surface area contributed by atoms with Crippen LogP contribution in [0, 0.1) is 5.41 Å². The molecule has 0 aromatic heterocycles. The fourth-order valence-electron chi connectivity index (χ4n) is 1.72. The van der Waals surface area contributed by atoms with Gasteiger partial charge in [-0.05, 0) is 19.3 Å². The number of hydrogen-bond donors (Lipinski definition) is 1. The highest BCUT2D eigenvalue weighted by Crippen LogP contribution is 2.22. The fourth-order valence-corrected chi connectivity index (χ4v) is 1.72. The van der Waals surface area contributed by atoms with Crippen molar-refractivity contribution >= 4 is 0 Å². The van der Waals surface area contributed by atoms with Crippen molar-refractivity contribution < 1.29 is 9.84 Å². The van der Waals surface area contributed by atoms with Crippen LogP contribution in [0.3, 0.4) is 0 Å². The van der Waals surface area contributed by atoms with Gasteiger partial charge in [0.25, 0.3) is 0 Å². The second kappa shape index (κ2) is 4.81. The average Bonchev–Trinajstić information content (AvgIpc) is 2.09. The zero-order valence-corrected chi connectivity index (χ0v) is 10.7. The molecule has 0 amide bonds. The standard InChI is InChI=1S/C12H25NO2/c1-9-8-15-10(2)6-13(9)7-11(14)12(3,4)5/h9-11,14H,6-8H2,1-5H3. The molecule has 1 N–H and O–H groups in total. The van der Waals surface area contributed by atoms with Gasteiger partial charge in [0, 0.05) is 19.1 Å². The third-order valence-electron chi connectivity index (χ3n) is 3.14. The SMILES string of the molecule is CC1CN(CC(O)C(C)(C)C)C(C)CO1. The van der Waals surface area contributed by atoms with E-state index in [9.17, 15) is 5.11 Å². The second-order valence-electron chi connectivity index (χ2n) is 5.83. The molecule has 1 aliphatic rings. The molecule has 3 nitrogen and oxygen atoms in total. The average molecular weight is 215 g/mol. The number of nitrogens with zero attached hydrogens (tertiary/aromatic N) is 1. The molecule has 1 aliphatic heterocycles. The Labute approximate surface area is 93.4 Å². The minimum atomic E-state index is -0.273. The highest BCUT2D eigenvalue weighted by molar-refractivity contribution is 4.82. The Morgan fingerprint density at radius 2 is 2.00 bits per heavy atom. The first kappa shape index (κ1) is 12.9. The van der Waals surface area contributed by atoms with Gasteiger partial charge in [-0.1, -0.05) is 20.8 Å². The third-order valence-corrected chi connectivity index (χ3v) is 3.14. The summed E-state index contributed by atoms with van der Waals surface area (Å²) in [4.78, 5) is 2.32. The van der Waals surface area contributed by atoms with Gasteiger partial charge in [-0.15, -0.1) is 0 Å². The molecule has 15 heavy (non-hydrogen) atoms. The zero-order chi connectivity index (χ0) is 11.6. The van der Waals surface area contributed by atoms with E-state index in [1.165, 1.54) is 0 Å². The van der Waals surface area contributed by atoms with Crippen LogP contribution in [-0.4, -0.2) is 48.0 Å². The predicted octanol–water partition coefficient (Wildman–Crippen LogP) is 1.50. The first-order chi connectivity index (χ1) is 6.80. The molecule has 0 saturated carbocycles. The highest BCUT2D eigenvalue weighted by Gasteiger charge is 2.29. The molecule has 1 fully saturated rings. The van der Waals surface area contributed by atoms with Crippen molar-refractivity contribution in [1.29, 1.82) is 0 Å². The number of β-amino-alcohol motifs (C(OH)–C–C–N with tert-alkyl or cyclic N) is 1. The van der Waals surface area contributed by atoms with E-state index in [1.54, 1.807) is 0 Å². The van der Waals surface area contributed by atoms with Crippen LogP contribution in [0.2, 0.25) is 0 Å². The third kappa shape index (κ3) is 3.74. The van der Waals surface area contributed by atoms with E-state index in [0.29, 0.717) is 6.04 Å². The Kier molecular flexibility index (Phi) is 4.15. The zero-order valence-electron chi connectivity index (χ0n) is 10.7. The molecule has 3 atom stereocenters. The van der Waals surface area contributed by atoms with Gasteiger partial charge in [-0.25, -0.2) is 0 Å². The number of rotatable bonds is 2. The summed E-state index contributed by atoms with van der Waals surface area (Å²) in [6.45, 7) is 12.9. The Balaban J connectivity index is 2.49. The van der Waals surface area contributed by atoms with Crippen molar-refractivity contribution in [3.8, 4) is 0 Å². The molecule has 90 valence electrons. The van der Waals surface area contributed by atoms with Crippen molar-refractivity contribution in [1.82, 2.24) is 4.90 Å². The molecule has 0 aromatic rings. The summed E-state index contributed by atoms with van der Waals surface area (Å²) in [5.74, 6) is 0. The molecule has 1 saturated heterocycles. The predicted molar refractivity (Wildman–Crippen MR) is 61.9 cm³/mol. The van der Waals surface area contributed by atoms with Crippen molar-refractivity contribution in [2.75, 3.05) is 19.7 Å². The van der Waals surface area contributed by atoms with Gasteiger partial charge >= 0.3 is 0 Å². The van der Waals surface area contributed by atoms with Crippen LogP contribution in [0.1, 0.15) is 34.6 Å². The monoisotopic (exact) mass is 215 g/mol. The first-order valence-corrected chi connectivity index (χ1v) is 5.84. The van der Waals surface area contributed by atoms with Gasteiger partial charge in [0.15, 0.2) is 0 Å². The van der Waals surface area contributed by atoms with Gasteiger partial charge < -0.3 is 9.84 Å². The summed E-state index contributed by atoms with van der Waals surface area (Å²) in [6.07, 6.45) is 0.0126. The maximum absolute atomic E-state index is 10.1. The Morgan fingerprint density at radius 3 is 2.53 bits per heavy atom. The molecular formula is C12H25NO2. The largest absolute Gasteiger partial charge is 0.391 e. The fraction of sp³-hybridized carbons (Fsp3) is 1.00. The van der Waals surface area contributed by atoms with Gasteiger partial charge in [-0.2, -0.15) is 0 Å². The minimum absolute atomic E-state index is 0.0404. The Bertz CT molecular complexity index is 200. The van der Waals surface area contributed by atoms with Crippen molar-refractivity contribution in [3.05, 3.63) is 0 Å². The topological polar surface area (TPSA) is 32.7 Å². The van der Waals surface area contributed by atoms with E-state index in [2.05, 4.69) is 39.5 Å². The van der Waals surface area contributed by atoms with Crippen molar-refractivity contribution in [3.63, 3.8) is 0 Å². The summed E-state index contributed by atoms with van der Waals surface area (Å²) in [6, 6.07) is 0.415. The van der Waals surface area contributed by atoms with E-state index in [4.69, 9.17) is 4.74 Å². The first-order valence-electron chi connectivity index (χ1n) is 5.84. The van der Waals surface area contributed by atoms with Crippen LogP contribution < -0.4 is 0 Å². The molecule has 3 heteroatoms. The lowest BCUT2D eigenvalue weighted by atomic mass is 9.88. The summed E-state index contributed by atoms with van der Waals surface area (Å²) in [5.41, 5.74) is -0.0404. The summed E-state index contributed by atoms with van der Waals surface area (Å²) in [5, 5.41) is 10.1. The van der Waals surface area contributed by atoms with Crippen LogP contribution >= 0.6 is 0 Å². The lowest BCUT2D eigenvalue weighted by molar-refractivity contribution is -0.0733. The van der Waals surface area contributed by atoms with Gasteiger partial charge in [0.2, 0.25) is 0 Å². The second-order valence-corrected chi connectivity index (χ2v) is 5.83. The lowest BCUT2D eigenvalue weighted by Gasteiger charge is -2.40. The number of morpholine rings is 1. The molecule has 0 bridgehead atoms. The number of ether oxygens (including phenoxy) is 1. The maximum atomic E-state index is 10.1. The number of aliphatic hydroxyl groups excluding tert-OH is 1. The molecule has 0 spiro atoms. The molecule has 3 unspecified atom stereocenters. The highest BCUT2D eigenvalue weighted by atomic mass is 16.5. The Hall–Kier alpha value is -0.120. The Morgan fingerprint density at radius 1 is 1.40 bits per heavy atom. The van der Waals surface area contributed by atoms with Crippen molar-refractivity contribution in [2.24, 2.45) is 5.41 Å². The van der Waals surface area contributed by atoms with E-state index in [0.717, 1.165) is 19.7 Å². The van der Waals surface area contributed by atoms with Gasteiger partial charge in [0.05, 0.1) is 18.8 Å². The summed E-state index contributed by atoms with van der Waals surface area (Å²) < 4.78 is 5.56. The maximum Gasteiger partial charge on any atom is 0.0715 e. The minimum Gasteiger partial charge on any atom is -0.391 e. The van der Waals surface area contributed by atoms with Gasteiger partial charge in [-0.3, -0.25) is 4.90 Å². The molecular weight excluding hydrogens is 190 g/mol. The van der Waals surface area contributed by atoms with Crippen LogP contribution in [-0.2, 0) is 4.74 Å². The van der Waals surface area contributed by atoms with Crippen LogP contribution in [0.4, 0.5) is 0 Å². The van der Waals surface area contributed by atoms with E-state index in [-0.39, 0.29) is 17.6 Å². The smallest absolute Gasteiger partial charge is 0.0715 e. The summed E-state index contributed by atoms with van der Waals surface area (Å²) >= 11 is 0. The van der Waals surface area contributed by atoms with Crippen molar-refractivity contribution in [2.45, 2.75) is 52.9 Å². The normalized spacial score (nSPS) is 31.6. The molecule has 0 radical (unpaired) electrons. The van der Waals surface area contributed by atoms with E-state index in [1.807, 2.05) is 0 Å². The molecule has 0 aromatic carbocycles. The van der Waals surface area contributed by atoms with Gasteiger partial charge in [0.1, 0.15) is 0 Å².